The summed E-state index contributed by atoms with van der Waals surface area (Å²) in [5.74, 6) is 0.0267. The number of nitrogens with one attached hydrogen (secondary N) is 1. The van der Waals surface area contributed by atoms with Gasteiger partial charge in [-0.15, -0.1) is 0 Å². The molecule has 1 N–H and O–H groups in total. The Hall–Kier alpha value is -1.40. The van der Waals surface area contributed by atoms with Crippen LogP contribution in [0, 0.1) is 0 Å². The van der Waals surface area contributed by atoms with Crippen molar-refractivity contribution in [2.24, 2.45) is 7.05 Å². The molecule has 106 valence electrons. The van der Waals surface area contributed by atoms with Crippen molar-refractivity contribution in [2.75, 3.05) is 33.4 Å². The molecule has 1 unspecified atom stereocenters. The van der Waals surface area contributed by atoms with Crippen LogP contribution in [-0.2, 0) is 11.8 Å². The molecule has 1 atom stereocenters. The number of aromatic nitrogens is 2. The van der Waals surface area contributed by atoms with Crippen LogP contribution in [0.5, 0.6) is 0 Å². The van der Waals surface area contributed by atoms with Crippen LogP contribution in [0.1, 0.15) is 23.2 Å². The summed E-state index contributed by atoms with van der Waals surface area (Å²) < 4.78 is 6.74. The SMILES string of the molecule is COCCN(CC1CCCN1)C(=O)c1cnn(C)c1. The van der Waals surface area contributed by atoms with E-state index in [0.29, 0.717) is 24.8 Å². The zero-order chi connectivity index (χ0) is 13.7. The first-order valence-corrected chi connectivity index (χ1v) is 6.71. The first kappa shape index (κ1) is 14.0. The van der Waals surface area contributed by atoms with Crippen LogP contribution in [0.25, 0.3) is 0 Å². The van der Waals surface area contributed by atoms with E-state index in [0.717, 1.165) is 19.5 Å². The summed E-state index contributed by atoms with van der Waals surface area (Å²) in [4.78, 5) is 14.3. The smallest absolute Gasteiger partial charge is 0.257 e. The minimum Gasteiger partial charge on any atom is -0.383 e. The molecule has 1 fully saturated rings. The summed E-state index contributed by atoms with van der Waals surface area (Å²) in [6.45, 7) is 2.95. The summed E-state index contributed by atoms with van der Waals surface area (Å²) >= 11 is 0. The molecule has 0 radical (unpaired) electrons. The molecular weight excluding hydrogens is 244 g/mol. The van der Waals surface area contributed by atoms with Gasteiger partial charge in [0.05, 0.1) is 18.4 Å². The molecule has 6 heteroatoms. The third-order valence-corrected chi connectivity index (χ3v) is 3.41. The zero-order valence-corrected chi connectivity index (χ0v) is 11.6. The average Bonchev–Trinajstić information content (AvgIpc) is 3.05. The van der Waals surface area contributed by atoms with Gasteiger partial charge in [-0.05, 0) is 19.4 Å². The fourth-order valence-corrected chi connectivity index (χ4v) is 2.37. The van der Waals surface area contributed by atoms with Gasteiger partial charge in [-0.25, -0.2) is 0 Å². The number of rotatable bonds is 6. The van der Waals surface area contributed by atoms with Crippen LogP contribution < -0.4 is 5.32 Å². The Bertz CT molecular complexity index is 413. The first-order chi connectivity index (χ1) is 9.20. The highest BCUT2D eigenvalue weighted by Gasteiger charge is 2.22. The van der Waals surface area contributed by atoms with Crippen molar-refractivity contribution in [1.82, 2.24) is 20.0 Å². The summed E-state index contributed by atoms with van der Waals surface area (Å²) in [6, 6.07) is 0.400. The molecule has 1 aliphatic heterocycles. The molecular formula is C13H22N4O2. The normalized spacial score (nSPS) is 18.7. The van der Waals surface area contributed by atoms with Gasteiger partial charge in [0, 0.05) is 39.5 Å². The molecule has 0 bridgehead atoms. The number of carbonyl (C=O) groups excluding carboxylic acids is 1. The zero-order valence-electron chi connectivity index (χ0n) is 11.6. The molecule has 1 saturated heterocycles. The topological polar surface area (TPSA) is 59.4 Å². The number of hydrogen-bond acceptors (Lipinski definition) is 4. The van der Waals surface area contributed by atoms with Crippen LogP contribution in [-0.4, -0.2) is 60.0 Å². The molecule has 1 aromatic heterocycles. The number of aryl methyl sites for hydroxylation is 1. The molecule has 1 amide bonds. The number of nitrogens with zero attached hydrogens (tertiary/aromatic N) is 3. The van der Waals surface area contributed by atoms with E-state index in [2.05, 4.69) is 10.4 Å². The quantitative estimate of drug-likeness (QED) is 0.802. The third-order valence-electron chi connectivity index (χ3n) is 3.41. The van der Waals surface area contributed by atoms with Crippen molar-refractivity contribution in [3.05, 3.63) is 18.0 Å². The lowest BCUT2D eigenvalue weighted by molar-refractivity contribution is 0.0679. The van der Waals surface area contributed by atoms with Gasteiger partial charge in [0.15, 0.2) is 0 Å². The molecule has 1 aromatic rings. The number of amides is 1. The summed E-state index contributed by atoms with van der Waals surface area (Å²) in [7, 11) is 3.47. The van der Waals surface area contributed by atoms with Gasteiger partial charge in [0.25, 0.3) is 5.91 Å². The predicted molar refractivity (Wildman–Crippen MR) is 72.0 cm³/mol. The van der Waals surface area contributed by atoms with Crippen molar-refractivity contribution in [3.8, 4) is 0 Å². The lowest BCUT2D eigenvalue weighted by Gasteiger charge is -2.25. The fraction of sp³-hybridized carbons (Fsp3) is 0.692. The van der Waals surface area contributed by atoms with E-state index in [4.69, 9.17) is 4.74 Å². The van der Waals surface area contributed by atoms with Gasteiger partial charge in [-0.2, -0.15) is 5.10 Å². The van der Waals surface area contributed by atoms with E-state index in [-0.39, 0.29) is 5.91 Å². The lowest BCUT2D eigenvalue weighted by Crippen LogP contribution is -2.42. The second kappa shape index (κ2) is 6.68. The predicted octanol–water partition coefficient (Wildman–Crippen LogP) is 0.261. The maximum atomic E-state index is 12.4. The van der Waals surface area contributed by atoms with Gasteiger partial charge < -0.3 is 15.0 Å². The minimum atomic E-state index is 0.0267. The van der Waals surface area contributed by atoms with Crippen LogP contribution in [0.2, 0.25) is 0 Å². The molecule has 6 nitrogen and oxygen atoms in total. The maximum absolute atomic E-state index is 12.4. The number of ether oxygens (including phenoxy) is 1. The molecule has 0 saturated carbocycles. The average molecular weight is 266 g/mol. The monoisotopic (exact) mass is 266 g/mol. The van der Waals surface area contributed by atoms with E-state index in [9.17, 15) is 4.79 Å². The largest absolute Gasteiger partial charge is 0.383 e. The molecule has 0 aromatic carbocycles. The van der Waals surface area contributed by atoms with Crippen molar-refractivity contribution < 1.29 is 9.53 Å². The van der Waals surface area contributed by atoms with Crippen LogP contribution in [0.15, 0.2) is 12.4 Å². The molecule has 2 rings (SSSR count). The summed E-state index contributed by atoms with van der Waals surface area (Å²) in [6.07, 6.45) is 5.68. The van der Waals surface area contributed by atoms with Gasteiger partial charge in [0.2, 0.25) is 0 Å². The maximum Gasteiger partial charge on any atom is 0.257 e. The van der Waals surface area contributed by atoms with Crippen molar-refractivity contribution in [3.63, 3.8) is 0 Å². The van der Waals surface area contributed by atoms with E-state index < -0.39 is 0 Å². The van der Waals surface area contributed by atoms with Gasteiger partial charge in [-0.1, -0.05) is 0 Å². The second-order valence-electron chi connectivity index (χ2n) is 4.94. The Morgan fingerprint density at radius 3 is 3.11 bits per heavy atom. The summed E-state index contributed by atoms with van der Waals surface area (Å²) in [5.41, 5.74) is 0.636. The molecule has 2 heterocycles. The summed E-state index contributed by atoms with van der Waals surface area (Å²) in [5, 5.41) is 7.47. The second-order valence-corrected chi connectivity index (χ2v) is 4.94. The number of carbonyl (C=O) groups is 1. The van der Waals surface area contributed by atoms with Crippen LogP contribution in [0.3, 0.4) is 0 Å². The fourth-order valence-electron chi connectivity index (χ4n) is 2.37. The number of hydrogen-bond donors (Lipinski definition) is 1. The van der Waals surface area contributed by atoms with Gasteiger partial charge in [-0.3, -0.25) is 9.48 Å². The third kappa shape index (κ3) is 3.78. The van der Waals surface area contributed by atoms with Gasteiger partial charge >= 0.3 is 0 Å². The van der Waals surface area contributed by atoms with Gasteiger partial charge in [0.1, 0.15) is 0 Å². The molecule has 19 heavy (non-hydrogen) atoms. The Morgan fingerprint density at radius 1 is 1.68 bits per heavy atom. The Labute approximate surface area is 113 Å². The van der Waals surface area contributed by atoms with Crippen molar-refractivity contribution in [2.45, 2.75) is 18.9 Å². The molecule has 0 aliphatic carbocycles. The van der Waals surface area contributed by atoms with Crippen LogP contribution in [0.4, 0.5) is 0 Å². The lowest BCUT2D eigenvalue weighted by atomic mass is 10.2. The first-order valence-electron chi connectivity index (χ1n) is 6.71. The van der Waals surface area contributed by atoms with E-state index in [1.165, 1.54) is 6.42 Å². The highest BCUT2D eigenvalue weighted by molar-refractivity contribution is 5.93. The van der Waals surface area contributed by atoms with E-state index in [1.807, 2.05) is 11.9 Å². The standard InChI is InChI=1S/C13H22N4O2/c1-16-9-11(8-15-16)13(18)17(6-7-19-2)10-12-4-3-5-14-12/h8-9,12,14H,3-7,10H2,1-2H3. The highest BCUT2D eigenvalue weighted by atomic mass is 16.5. The Morgan fingerprint density at radius 2 is 2.53 bits per heavy atom. The number of methoxy groups -OCH3 is 1. The Balaban J connectivity index is 2.00. The Kier molecular flexibility index (Phi) is 4.93. The molecule has 0 spiro atoms. The minimum absolute atomic E-state index is 0.0267. The van der Waals surface area contributed by atoms with Crippen molar-refractivity contribution in [1.29, 1.82) is 0 Å². The van der Waals surface area contributed by atoms with Crippen LogP contribution >= 0.6 is 0 Å². The van der Waals surface area contributed by atoms with E-state index >= 15 is 0 Å². The van der Waals surface area contributed by atoms with Crippen molar-refractivity contribution >= 4 is 5.91 Å². The van der Waals surface area contributed by atoms with E-state index in [1.54, 1.807) is 24.2 Å². The highest BCUT2D eigenvalue weighted by Crippen LogP contribution is 2.10. The molecule has 1 aliphatic rings.